The fourth-order valence-corrected chi connectivity index (χ4v) is 5.00. The van der Waals surface area contributed by atoms with Gasteiger partial charge in [-0.3, -0.25) is 0 Å². The summed E-state index contributed by atoms with van der Waals surface area (Å²) in [5.74, 6) is -0.377. The zero-order valence-electron chi connectivity index (χ0n) is 17.9. The van der Waals surface area contributed by atoms with Crippen molar-refractivity contribution in [1.82, 2.24) is 5.32 Å². The molecule has 1 atom stereocenters. The van der Waals surface area contributed by atoms with Crippen LogP contribution in [-0.4, -0.2) is 40.7 Å². The molecular formula is C26H25NO5S. The SMILES string of the molecule is O=C(NC(CSCc1ccc(CO)cc1)C(=O)O)OCC1c2ccccc2-c2ccccc21. The molecule has 0 saturated carbocycles. The third-order valence-electron chi connectivity index (χ3n) is 5.69. The van der Waals surface area contributed by atoms with Gasteiger partial charge in [0.25, 0.3) is 0 Å². The summed E-state index contributed by atoms with van der Waals surface area (Å²) in [6.45, 7) is 0.120. The number of aliphatic hydroxyl groups is 1. The van der Waals surface area contributed by atoms with E-state index in [1.807, 2.05) is 60.7 Å². The number of ether oxygens (including phenoxy) is 1. The van der Waals surface area contributed by atoms with E-state index in [4.69, 9.17) is 9.84 Å². The monoisotopic (exact) mass is 463 g/mol. The van der Waals surface area contributed by atoms with E-state index in [2.05, 4.69) is 17.4 Å². The van der Waals surface area contributed by atoms with Crippen molar-refractivity contribution in [1.29, 1.82) is 0 Å². The summed E-state index contributed by atoms with van der Waals surface area (Å²) < 4.78 is 5.46. The Labute approximate surface area is 196 Å². The van der Waals surface area contributed by atoms with Gasteiger partial charge in [0, 0.05) is 17.4 Å². The van der Waals surface area contributed by atoms with Gasteiger partial charge in [-0.2, -0.15) is 11.8 Å². The minimum Gasteiger partial charge on any atom is -0.480 e. The molecule has 0 aromatic heterocycles. The lowest BCUT2D eigenvalue weighted by Crippen LogP contribution is -2.43. The maximum Gasteiger partial charge on any atom is 0.407 e. The van der Waals surface area contributed by atoms with Crippen LogP contribution in [0.5, 0.6) is 0 Å². The van der Waals surface area contributed by atoms with Crippen LogP contribution in [0.3, 0.4) is 0 Å². The van der Waals surface area contributed by atoms with Crippen LogP contribution in [0.2, 0.25) is 0 Å². The molecule has 1 unspecified atom stereocenters. The summed E-state index contributed by atoms with van der Waals surface area (Å²) in [7, 11) is 0. The molecule has 1 amide bonds. The molecule has 170 valence electrons. The largest absolute Gasteiger partial charge is 0.480 e. The molecule has 1 aliphatic carbocycles. The molecular weight excluding hydrogens is 438 g/mol. The standard InChI is InChI=1S/C26H25NO5S/c28-13-17-9-11-18(12-10-17)15-33-16-24(25(29)30)27-26(31)32-14-23-21-7-3-1-5-19(21)20-6-2-4-8-22(20)23/h1-12,23-24,28H,13-16H2,(H,27,31)(H,29,30). The number of fused-ring (bicyclic) bond motifs is 3. The van der Waals surface area contributed by atoms with Gasteiger partial charge >= 0.3 is 12.1 Å². The average Bonchev–Trinajstić information content (AvgIpc) is 3.16. The number of hydrogen-bond donors (Lipinski definition) is 3. The molecule has 0 spiro atoms. The lowest BCUT2D eigenvalue weighted by molar-refractivity contribution is -0.138. The second-order valence-corrected chi connectivity index (χ2v) is 8.88. The first-order chi connectivity index (χ1) is 16.1. The second kappa shape index (κ2) is 10.6. The average molecular weight is 464 g/mol. The van der Waals surface area contributed by atoms with Crippen molar-refractivity contribution in [3.63, 3.8) is 0 Å². The first-order valence-corrected chi connectivity index (χ1v) is 11.8. The minimum atomic E-state index is -1.10. The van der Waals surface area contributed by atoms with E-state index in [0.29, 0.717) is 5.75 Å². The fourth-order valence-electron chi connectivity index (χ4n) is 3.99. The number of carboxylic acids is 1. The van der Waals surface area contributed by atoms with Crippen molar-refractivity contribution >= 4 is 23.8 Å². The molecule has 3 aromatic rings. The predicted molar refractivity (Wildman–Crippen MR) is 128 cm³/mol. The van der Waals surface area contributed by atoms with Crippen LogP contribution in [0.15, 0.2) is 72.8 Å². The van der Waals surface area contributed by atoms with Gasteiger partial charge in [-0.1, -0.05) is 72.8 Å². The molecule has 3 aromatic carbocycles. The van der Waals surface area contributed by atoms with Gasteiger partial charge in [-0.25, -0.2) is 9.59 Å². The number of benzene rings is 3. The second-order valence-electron chi connectivity index (χ2n) is 7.85. The number of carbonyl (C=O) groups excluding carboxylic acids is 1. The number of alkyl carbamates (subject to hydrolysis) is 1. The molecule has 33 heavy (non-hydrogen) atoms. The zero-order valence-corrected chi connectivity index (χ0v) is 18.8. The van der Waals surface area contributed by atoms with Gasteiger partial charge < -0.3 is 20.3 Å². The maximum atomic E-state index is 12.4. The van der Waals surface area contributed by atoms with Crippen LogP contribution in [0.1, 0.15) is 28.2 Å². The first kappa shape index (κ1) is 22.9. The molecule has 7 heteroatoms. The molecule has 0 aliphatic heterocycles. The Morgan fingerprint density at radius 1 is 0.909 bits per heavy atom. The summed E-state index contributed by atoms with van der Waals surface area (Å²) in [6, 6.07) is 22.5. The van der Waals surface area contributed by atoms with Crippen LogP contribution in [-0.2, 0) is 21.9 Å². The highest BCUT2D eigenvalue weighted by atomic mass is 32.2. The summed E-state index contributed by atoms with van der Waals surface area (Å²) in [5, 5.41) is 21.1. The van der Waals surface area contributed by atoms with Crippen LogP contribution >= 0.6 is 11.8 Å². The quantitative estimate of drug-likeness (QED) is 0.435. The Morgan fingerprint density at radius 2 is 1.48 bits per heavy atom. The lowest BCUT2D eigenvalue weighted by Gasteiger charge is -2.17. The fraction of sp³-hybridized carbons (Fsp3) is 0.231. The van der Waals surface area contributed by atoms with Crippen LogP contribution < -0.4 is 5.32 Å². The van der Waals surface area contributed by atoms with Crippen molar-refractivity contribution in [2.45, 2.75) is 24.3 Å². The Hall–Kier alpha value is -3.29. The van der Waals surface area contributed by atoms with Gasteiger partial charge in [0.15, 0.2) is 0 Å². The molecule has 3 N–H and O–H groups in total. The van der Waals surface area contributed by atoms with E-state index in [1.54, 1.807) is 0 Å². The van der Waals surface area contributed by atoms with Crippen LogP contribution in [0, 0.1) is 0 Å². The number of carbonyl (C=O) groups is 2. The van der Waals surface area contributed by atoms with Crippen molar-refractivity contribution in [2.24, 2.45) is 0 Å². The van der Waals surface area contributed by atoms with Gasteiger partial charge in [0.2, 0.25) is 0 Å². The Kier molecular flexibility index (Phi) is 7.32. The number of thioether (sulfide) groups is 1. The molecule has 0 bridgehead atoms. The van der Waals surface area contributed by atoms with Crippen LogP contribution in [0.25, 0.3) is 11.1 Å². The highest BCUT2D eigenvalue weighted by Gasteiger charge is 2.29. The van der Waals surface area contributed by atoms with Gasteiger partial charge in [-0.15, -0.1) is 0 Å². The van der Waals surface area contributed by atoms with Crippen molar-refractivity contribution in [2.75, 3.05) is 12.4 Å². The highest BCUT2D eigenvalue weighted by molar-refractivity contribution is 7.98. The third kappa shape index (κ3) is 5.38. The summed E-state index contributed by atoms with van der Waals surface area (Å²) in [5.41, 5.74) is 6.31. The normalized spacial score (nSPS) is 13.1. The van der Waals surface area contributed by atoms with Gasteiger partial charge in [0.1, 0.15) is 12.6 Å². The van der Waals surface area contributed by atoms with E-state index in [-0.39, 0.29) is 24.9 Å². The Morgan fingerprint density at radius 3 is 2.06 bits per heavy atom. The predicted octanol–water partition coefficient (Wildman–Crippen LogP) is 4.40. The number of amides is 1. The van der Waals surface area contributed by atoms with Crippen molar-refractivity contribution in [3.8, 4) is 11.1 Å². The molecule has 0 heterocycles. The number of hydrogen-bond acceptors (Lipinski definition) is 5. The van der Waals surface area contributed by atoms with E-state index >= 15 is 0 Å². The molecule has 4 rings (SSSR count). The lowest BCUT2D eigenvalue weighted by atomic mass is 9.98. The summed E-state index contributed by atoms with van der Waals surface area (Å²) in [4.78, 5) is 24.0. The van der Waals surface area contributed by atoms with E-state index in [9.17, 15) is 14.7 Å². The van der Waals surface area contributed by atoms with E-state index in [0.717, 1.165) is 33.4 Å². The number of aliphatic carboxylic acids is 1. The molecule has 0 fully saturated rings. The number of nitrogens with one attached hydrogen (secondary N) is 1. The highest BCUT2D eigenvalue weighted by Crippen LogP contribution is 2.44. The maximum absolute atomic E-state index is 12.4. The topological polar surface area (TPSA) is 95.9 Å². The molecule has 1 aliphatic rings. The zero-order chi connectivity index (χ0) is 23.2. The Bertz CT molecular complexity index is 1090. The minimum absolute atomic E-state index is 0.0153. The smallest absolute Gasteiger partial charge is 0.407 e. The third-order valence-corrected chi connectivity index (χ3v) is 6.80. The Balaban J connectivity index is 1.32. The summed E-state index contributed by atoms with van der Waals surface area (Å²) >= 11 is 1.41. The van der Waals surface area contributed by atoms with Gasteiger partial charge in [0.05, 0.1) is 6.61 Å². The van der Waals surface area contributed by atoms with Crippen molar-refractivity contribution in [3.05, 3.63) is 95.1 Å². The number of carboxylic acid groups (broad SMARTS) is 1. The van der Waals surface area contributed by atoms with Gasteiger partial charge in [-0.05, 0) is 33.4 Å². The molecule has 0 saturated heterocycles. The first-order valence-electron chi connectivity index (χ1n) is 10.7. The molecule has 0 radical (unpaired) electrons. The molecule has 6 nitrogen and oxygen atoms in total. The number of aliphatic hydroxyl groups excluding tert-OH is 1. The van der Waals surface area contributed by atoms with Crippen LogP contribution in [0.4, 0.5) is 4.79 Å². The number of rotatable bonds is 9. The van der Waals surface area contributed by atoms with E-state index < -0.39 is 18.1 Å². The van der Waals surface area contributed by atoms with E-state index in [1.165, 1.54) is 11.8 Å². The summed E-state index contributed by atoms with van der Waals surface area (Å²) in [6.07, 6.45) is -0.739. The van der Waals surface area contributed by atoms with Crippen molar-refractivity contribution < 1.29 is 24.5 Å².